The van der Waals surface area contributed by atoms with Gasteiger partial charge in [-0.25, -0.2) is 8.42 Å². The van der Waals surface area contributed by atoms with Crippen molar-refractivity contribution in [2.75, 3.05) is 13.1 Å². The predicted octanol–water partition coefficient (Wildman–Crippen LogP) is 3.03. The zero-order valence-electron chi connectivity index (χ0n) is 9.73. The average Bonchev–Trinajstić information content (AvgIpc) is 2.32. The average molecular weight is 352 g/mol. The number of benzene rings is 1. The lowest BCUT2D eigenvalue weighted by Gasteiger charge is -2.18. The minimum atomic E-state index is -3.64. The van der Waals surface area contributed by atoms with Gasteiger partial charge in [0.15, 0.2) is 0 Å². The van der Waals surface area contributed by atoms with E-state index in [2.05, 4.69) is 15.9 Å². The number of sulfonamides is 1. The van der Waals surface area contributed by atoms with Crippen LogP contribution >= 0.6 is 27.5 Å². The van der Waals surface area contributed by atoms with Gasteiger partial charge in [-0.15, -0.1) is 0 Å². The molecule has 4 nitrogen and oxygen atoms in total. The van der Waals surface area contributed by atoms with E-state index in [9.17, 15) is 8.42 Å². The SMILES string of the molecule is CCCN(CC#N)S(=O)(=O)c1ccc(Cl)c(Br)c1. The van der Waals surface area contributed by atoms with Crippen LogP contribution in [0.4, 0.5) is 0 Å². The number of nitrogens with zero attached hydrogens (tertiary/aromatic N) is 2. The lowest BCUT2D eigenvalue weighted by atomic mass is 10.4. The molecule has 0 unspecified atom stereocenters. The first-order valence-electron chi connectivity index (χ1n) is 5.25. The minimum absolute atomic E-state index is 0.127. The minimum Gasteiger partial charge on any atom is -0.207 e. The van der Waals surface area contributed by atoms with E-state index in [4.69, 9.17) is 16.9 Å². The van der Waals surface area contributed by atoms with Gasteiger partial charge in [0, 0.05) is 11.0 Å². The molecule has 1 rings (SSSR count). The highest BCUT2D eigenvalue weighted by Crippen LogP contribution is 2.26. The first-order chi connectivity index (χ1) is 8.43. The van der Waals surface area contributed by atoms with Crippen LogP contribution in [0.5, 0.6) is 0 Å². The molecule has 0 atom stereocenters. The van der Waals surface area contributed by atoms with Crippen LogP contribution in [0.15, 0.2) is 27.6 Å². The van der Waals surface area contributed by atoms with Crippen molar-refractivity contribution in [1.82, 2.24) is 4.31 Å². The third kappa shape index (κ3) is 3.45. The van der Waals surface area contributed by atoms with Crippen LogP contribution in [-0.4, -0.2) is 25.8 Å². The highest BCUT2D eigenvalue weighted by atomic mass is 79.9. The lowest BCUT2D eigenvalue weighted by molar-refractivity contribution is 0.444. The summed E-state index contributed by atoms with van der Waals surface area (Å²) < 4.78 is 26.2. The molecule has 0 aliphatic heterocycles. The van der Waals surface area contributed by atoms with Gasteiger partial charge in [0.2, 0.25) is 10.0 Å². The van der Waals surface area contributed by atoms with E-state index in [-0.39, 0.29) is 11.4 Å². The van der Waals surface area contributed by atoms with Gasteiger partial charge in [-0.2, -0.15) is 9.57 Å². The zero-order valence-corrected chi connectivity index (χ0v) is 12.9. The molecular formula is C11H12BrClN2O2S. The molecule has 0 aromatic heterocycles. The highest BCUT2D eigenvalue weighted by Gasteiger charge is 2.23. The Morgan fingerprint density at radius 3 is 2.67 bits per heavy atom. The van der Waals surface area contributed by atoms with Crippen molar-refractivity contribution >= 4 is 37.6 Å². The van der Waals surface area contributed by atoms with E-state index in [1.165, 1.54) is 18.2 Å². The van der Waals surface area contributed by atoms with Gasteiger partial charge < -0.3 is 0 Å². The molecule has 0 aliphatic rings. The van der Waals surface area contributed by atoms with Gasteiger partial charge >= 0.3 is 0 Å². The lowest BCUT2D eigenvalue weighted by Crippen LogP contribution is -2.32. The highest BCUT2D eigenvalue weighted by molar-refractivity contribution is 9.10. The topological polar surface area (TPSA) is 61.2 Å². The number of hydrogen-bond donors (Lipinski definition) is 0. The molecule has 0 bridgehead atoms. The van der Waals surface area contributed by atoms with Gasteiger partial charge in [-0.05, 0) is 40.5 Å². The maximum atomic E-state index is 12.3. The summed E-state index contributed by atoms with van der Waals surface area (Å²) in [6, 6.07) is 6.25. The monoisotopic (exact) mass is 350 g/mol. The fraction of sp³-hybridized carbons (Fsp3) is 0.364. The molecule has 0 saturated heterocycles. The van der Waals surface area contributed by atoms with Crippen LogP contribution in [0.2, 0.25) is 5.02 Å². The van der Waals surface area contributed by atoms with Gasteiger partial charge in [0.1, 0.15) is 6.54 Å². The van der Waals surface area contributed by atoms with Crippen molar-refractivity contribution in [3.63, 3.8) is 0 Å². The normalized spacial score (nSPS) is 11.5. The summed E-state index contributed by atoms with van der Waals surface area (Å²) in [6.45, 7) is 2.02. The summed E-state index contributed by atoms with van der Waals surface area (Å²) in [5.41, 5.74) is 0. The Kier molecular flexibility index (Phi) is 5.60. The van der Waals surface area contributed by atoms with Crippen LogP contribution in [0.1, 0.15) is 13.3 Å². The Hall–Kier alpha value is -0.610. The summed E-state index contributed by atoms with van der Waals surface area (Å²) in [5.74, 6) is 0. The number of rotatable bonds is 5. The second-order valence-corrected chi connectivity index (χ2v) is 6.77. The number of halogens is 2. The van der Waals surface area contributed by atoms with Crippen molar-refractivity contribution in [2.24, 2.45) is 0 Å². The fourth-order valence-corrected chi connectivity index (χ4v) is 3.50. The Morgan fingerprint density at radius 2 is 2.17 bits per heavy atom. The maximum Gasteiger partial charge on any atom is 0.244 e. The summed E-state index contributed by atoms with van der Waals surface area (Å²) in [4.78, 5) is 0.127. The zero-order chi connectivity index (χ0) is 13.8. The molecule has 0 N–H and O–H groups in total. The molecule has 0 fully saturated rings. The summed E-state index contributed by atoms with van der Waals surface area (Å²) in [5, 5.41) is 9.13. The standard InChI is InChI=1S/C11H12BrClN2O2S/c1-2-6-15(7-5-14)18(16,17)9-3-4-11(13)10(12)8-9/h3-4,8H,2,6-7H2,1H3. The summed E-state index contributed by atoms with van der Waals surface area (Å²) in [6.07, 6.45) is 0.648. The first-order valence-corrected chi connectivity index (χ1v) is 7.86. The third-order valence-electron chi connectivity index (χ3n) is 2.25. The van der Waals surface area contributed by atoms with Gasteiger partial charge in [-0.3, -0.25) is 0 Å². The van der Waals surface area contributed by atoms with E-state index in [0.717, 1.165) is 4.31 Å². The van der Waals surface area contributed by atoms with Crippen LogP contribution in [-0.2, 0) is 10.0 Å². The molecule has 0 aliphatic carbocycles. The van der Waals surface area contributed by atoms with Crippen LogP contribution < -0.4 is 0 Å². The van der Waals surface area contributed by atoms with E-state index >= 15 is 0 Å². The molecular weight excluding hydrogens is 340 g/mol. The number of nitriles is 1. The molecule has 0 radical (unpaired) electrons. The largest absolute Gasteiger partial charge is 0.244 e. The third-order valence-corrected chi connectivity index (χ3v) is 5.30. The molecule has 1 aromatic carbocycles. The van der Waals surface area contributed by atoms with Crippen molar-refractivity contribution in [3.05, 3.63) is 27.7 Å². The Labute approximate surface area is 120 Å². The Balaban J connectivity index is 3.18. The maximum absolute atomic E-state index is 12.3. The van der Waals surface area contributed by atoms with E-state index in [1.807, 2.05) is 13.0 Å². The van der Waals surface area contributed by atoms with Crippen LogP contribution in [0.25, 0.3) is 0 Å². The van der Waals surface area contributed by atoms with Crippen LogP contribution in [0, 0.1) is 11.3 Å². The molecule has 1 aromatic rings. The summed E-state index contributed by atoms with van der Waals surface area (Å²) >= 11 is 9.01. The second kappa shape index (κ2) is 6.53. The second-order valence-electron chi connectivity index (χ2n) is 3.57. The van der Waals surface area contributed by atoms with Gasteiger partial charge in [-0.1, -0.05) is 18.5 Å². The van der Waals surface area contributed by atoms with Crippen molar-refractivity contribution in [1.29, 1.82) is 5.26 Å². The van der Waals surface area contributed by atoms with Crippen LogP contribution in [0.3, 0.4) is 0 Å². The molecule has 0 amide bonds. The van der Waals surface area contributed by atoms with E-state index < -0.39 is 10.0 Å². The molecule has 0 saturated carbocycles. The van der Waals surface area contributed by atoms with Gasteiger partial charge in [0.05, 0.1) is 16.0 Å². The fourth-order valence-electron chi connectivity index (χ4n) is 1.40. The molecule has 98 valence electrons. The van der Waals surface area contributed by atoms with Crippen molar-refractivity contribution in [2.45, 2.75) is 18.2 Å². The van der Waals surface area contributed by atoms with Gasteiger partial charge in [0.25, 0.3) is 0 Å². The predicted molar refractivity (Wildman–Crippen MR) is 73.8 cm³/mol. The first kappa shape index (κ1) is 15.4. The quantitative estimate of drug-likeness (QED) is 0.766. The smallest absolute Gasteiger partial charge is 0.207 e. The molecule has 0 spiro atoms. The van der Waals surface area contributed by atoms with Crippen molar-refractivity contribution in [3.8, 4) is 6.07 Å². The summed E-state index contributed by atoms with van der Waals surface area (Å²) in [7, 11) is -3.64. The molecule has 7 heteroatoms. The Morgan fingerprint density at radius 1 is 1.50 bits per heavy atom. The van der Waals surface area contributed by atoms with Crippen molar-refractivity contribution < 1.29 is 8.42 Å². The Bertz CT molecular complexity index is 569. The number of hydrogen-bond acceptors (Lipinski definition) is 3. The van der Waals surface area contributed by atoms with E-state index in [1.54, 1.807) is 0 Å². The molecule has 0 heterocycles. The molecule has 18 heavy (non-hydrogen) atoms. The van der Waals surface area contributed by atoms with E-state index in [0.29, 0.717) is 22.5 Å².